The maximum Gasteiger partial charge on any atom is 0.356 e. The number of benzene rings is 1. The molecule has 2 atom stereocenters. The number of nitrogens with zero attached hydrogens (tertiary/aromatic N) is 2. The Morgan fingerprint density at radius 1 is 1.25 bits per heavy atom. The normalized spacial score (nSPS) is 16.1. The summed E-state index contributed by atoms with van der Waals surface area (Å²) in [6.07, 6.45) is 4.29. The first-order valence-corrected chi connectivity index (χ1v) is 12.3. The number of hydrogen-bond acceptors (Lipinski definition) is 7. The van der Waals surface area contributed by atoms with Crippen LogP contribution in [-0.4, -0.2) is 61.0 Å². The summed E-state index contributed by atoms with van der Waals surface area (Å²) in [5.74, 6) is -0.801. The van der Waals surface area contributed by atoms with Crippen LogP contribution in [0.5, 0.6) is 0 Å². The number of anilines is 2. The van der Waals surface area contributed by atoms with Crippen LogP contribution in [0.3, 0.4) is 0 Å². The van der Waals surface area contributed by atoms with Crippen molar-refractivity contribution in [2.45, 2.75) is 51.3 Å². The fraction of sp³-hybridized carbons (Fsp3) is 0.444. The molecule has 2 N–H and O–H groups in total. The largest absolute Gasteiger partial charge is 0.464 e. The molecular formula is C27H34N4O5. The highest BCUT2D eigenvalue weighted by Gasteiger charge is 2.30. The number of nitrogens with one attached hydrogen (secondary N) is 2. The van der Waals surface area contributed by atoms with Crippen LogP contribution in [0.1, 0.15) is 42.2 Å². The van der Waals surface area contributed by atoms with Crippen LogP contribution in [0.2, 0.25) is 0 Å². The first kappa shape index (κ1) is 25.7. The van der Waals surface area contributed by atoms with Crippen molar-refractivity contribution < 1.29 is 23.8 Å². The second-order valence-electron chi connectivity index (χ2n) is 9.04. The molecule has 1 aliphatic rings. The standard InChI is InChI=1S/C27H34N4O5/c1-18(17-34-2)29-20-15-21-23(30-26(32)22-12-8-14-36-22)24(27(33)35-3)31(25(21)28-16-20)13-7-11-19-9-5-4-6-10-19/h4-6,9-10,15-16,18,22,29H,7-8,11-14,17H2,1-3H3,(H,30,32). The molecular weight excluding hydrogens is 460 g/mol. The van der Waals surface area contributed by atoms with Crippen molar-refractivity contribution in [3.8, 4) is 0 Å². The molecule has 0 saturated carbocycles. The van der Waals surface area contributed by atoms with E-state index in [1.807, 2.05) is 35.8 Å². The predicted octanol–water partition coefficient (Wildman–Crippen LogP) is 4.02. The van der Waals surface area contributed by atoms with E-state index in [9.17, 15) is 9.59 Å². The molecule has 2 unspecified atom stereocenters. The number of aromatic nitrogens is 2. The molecule has 192 valence electrons. The van der Waals surface area contributed by atoms with Crippen LogP contribution in [0.4, 0.5) is 11.4 Å². The summed E-state index contributed by atoms with van der Waals surface area (Å²) in [6, 6.07) is 12.1. The Labute approximate surface area is 211 Å². The van der Waals surface area contributed by atoms with Crippen molar-refractivity contribution in [2.75, 3.05) is 38.1 Å². The van der Waals surface area contributed by atoms with Gasteiger partial charge in [0.05, 0.1) is 31.3 Å². The van der Waals surface area contributed by atoms with Gasteiger partial charge >= 0.3 is 5.97 Å². The average molecular weight is 495 g/mol. The number of amides is 1. The Morgan fingerprint density at radius 3 is 2.75 bits per heavy atom. The number of rotatable bonds is 11. The highest BCUT2D eigenvalue weighted by atomic mass is 16.5. The highest BCUT2D eigenvalue weighted by molar-refractivity contribution is 6.12. The molecule has 1 saturated heterocycles. The Bertz CT molecular complexity index is 1190. The van der Waals surface area contributed by atoms with E-state index in [4.69, 9.17) is 19.2 Å². The number of carbonyl (C=O) groups is 2. The van der Waals surface area contributed by atoms with E-state index in [1.165, 1.54) is 12.7 Å². The van der Waals surface area contributed by atoms with Crippen molar-refractivity contribution >= 4 is 34.3 Å². The maximum atomic E-state index is 13.0. The van der Waals surface area contributed by atoms with Crippen molar-refractivity contribution in [3.05, 3.63) is 53.9 Å². The number of methoxy groups -OCH3 is 2. The Morgan fingerprint density at radius 2 is 2.06 bits per heavy atom. The first-order valence-electron chi connectivity index (χ1n) is 12.3. The van der Waals surface area contributed by atoms with E-state index in [1.54, 1.807) is 13.3 Å². The van der Waals surface area contributed by atoms with E-state index in [0.717, 1.165) is 24.9 Å². The average Bonchev–Trinajstić information content (AvgIpc) is 3.52. The Kier molecular flexibility index (Phi) is 8.56. The van der Waals surface area contributed by atoms with E-state index in [-0.39, 0.29) is 17.6 Å². The molecule has 1 fully saturated rings. The molecule has 3 heterocycles. The minimum absolute atomic E-state index is 0.0483. The molecule has 9 heteroatoms. The lowest BCUT2D eigenvalue weighted by Crippen LogP contribution is -2.28. The lowest BCUT2D eigenvalue weighted by molar-refractivity contribution is -0.124. The zero-order valence-corrected chi connectivity index (χ0v) is 21.1. The van der Waals surface area contributed by atoms with Crippen molar-refractivity contribution in [2.24, 2.45) is 0 Å². The van der Waals surface area contributed by atoms with Gasteiger partial charge in [-0.05, 0) is 44.2 Å². The number of esters is 1. The minimum atomic E-state index is -0.539. The summed E-state index contributed by atoms with van der Waals surface area (Å²) in [5.41, 5.74) is 3.26. The maximum absolute atomic E-state index is 13.0. The second kappa shape index (κ2) is 12.0. The zero-order chi connectivity index (χ0) is 25.5. The van der Waals surface area contributed by atoms with E-state index >= 15 is 0 Å². The summed E-state index contributed by atoms with van der Waals surface area (Å²) in [4.78, 5) is 30.7. The monoisotopic (exact) mass is 494 g/mol. The van der Waals surface area contributed by atoms with Crippen LogP contribution < -0.4 is 10.6 Å². The van der Waals surface area contributed by atoms with Gasteiger partial charge in [-0.15, -0.1) is 0 Å². The van der Waals surface area contributed by atoms with Gasteiger partial charge in [-0.1, -0.05) is 30.3 Å². The van der Waals surface area contributed by atoms with Crippen LogP contribution in [0.15, 0.2) is 42.6 Å². The fourth-order valence-electron chi connectivity index (χ4n) is 4.61. The van der Waals surface area contributed by atoms with Crippen LogP contribution in [-0.2, 0) is 32.0 Å². The van der Waals surface area contributed by atoms with E-state index < -0.39 is 12.1 Å². The van der Waals surface area contributed by atoms with Crippen molar-refractivity contribution in [1.82, 2.24) is 9.55 Å². The molecule has 0 aliphatic carbocycles. The van der Waals surface area contributed by atoms with Crippen molar-refractivity contribution in [1.29, 1.82) is 0 Å². The van der Waals surface area contributed by atoms with Gasteiger partial charge in [-0.2, -0.15) is 0 Å². The van der Waals surface area contributed by atoms with Gasteiger partial charge < -0.3 is 29.4 Å². The minimum Gasteiger partial charge on any atom is -0.464 e. The quantitative estimate of drug-likeness (QED) is 0.388. The fourth-order valence-corrected chi connectivity index (χ4v) is 4.61. The zero-order valence-electron chi connectivity index (χ0n) is 21.1. The summed E-state index contributed by atoms with van der Waals surface area (Å²) in [5, 5.41) is 6.99. The number of pyridine rings is 1. The molecule has 0 radical (unpaired) electrons. The number of fused-ring (bicyclic) bond motifs is 1. The van der Waals surface area contributed by atoms with E-state index in [0.29, 0.717) is 42.9 Å². The molecule has 4 rings (SSSR count). The third-order valence-corrected chi connectivity index (χ3v) is 6.27. The number of aryl methyl sites for hydroxylation is 2. The summed E-state index contributed by atoms with van der Waals surface area (Å²) >= 11 is 0. The van der Waals surface area contributed by atoms with Gasteiger partial charge in [-0.3, -0.25) is 4.79 Å². The summed E-state index contributed by atoms with van der Waals surface area (Å²) in [6.45, 7) is 3.61. The Balaban J connectivity index is 1.73. The molecule has 0 spiro atoms. The van der Waals surface area contributed by atoms with Gasteiger partial charge in [-0.25, -0.2) is 9.78 Å². The second-order valence-corrected chi connectivity index (χ2v) is 9.04. The molecule has 1 aliphatic heterocycles. The predicted molar refractivity (Wildman–Crippen MR) is 138 cm³/mol. The Hall–Kier alpha value is -3.43. The number of carbonyl (C=O) groups excluding carboxylic acids is 2. The van der Waals surface area contributed by atoms with Gasteiger partial charge in [0.25, 0.3) is 5.91 Å². The lowest BCUT2D eigenvalue weighted by Gasteiger charge is -2.14. The molecule has 2 aromatic heterocycles. The van der Waals surface area contributed by atoms with Gasteiger partial charge in [0.2, 0.25) is 0 Å². The number of hydrogen-bond donors (Lipinski definition) is 2. The highest BCUT2D eigenvalue weighted by Crippen LogP contribution is 2.34. The van der Waals surface area contributed by atoms with Gasteiger partial charge in [0, 0.05) is 31.7 Å². The summed E-state index contributed by atoms with van der Waals surface area (Å²) < 4.78 is 17.8. The van der Waals surface area contributed by atoms with Crippen LogP contribution in [0, 0.1) is 0 Å². The molecule has 9 nitrogen and oxygen atoms in total. The third kappa shape index (κ3) is 5.85. The van der Waals surface area contributed by atoms with Crippen LogP contribution in [0.25, 0.3) is 11.0 Å². The lowest BCUT2D eigenvalue weighted by atomic mass is 10.1. The van der Waals surface area contributed by atoms with E-state index in [2.05, 4.69) is 22.8 Å². The topological polar surface area (TPSA) is 104 Å². The van der Waals surface area contributed by atoms with Gasteiger partial charge in [0.15, 0.2) is 5.69 Å². The molecule has 36 heavy (non-hydrogen) atoms. The van der Waals surface area contributed by atoms with Crippen molar-refractivity contribution in [3.63, 3.8) is 0 Å². The SMILES string of the molecule is COCC(C)Nc1cnc2c(c1)c(NC(=O)C1CCCO1)c(C(=O)OC)n2CCCc1ccccc1. The smallest absolute Gasteiger partial charge is 0.356 e. The molecule has 3 aromatic rings. The molecule has 0 bridgehead atoms. The molecule has 1 aromatic carbocycles. The summed E-state index contributed by atoms with van der Waals surface area (Å²) in [7, 11) is 2.99. The first-order chi connectivity index (χ1) is 17.5. The molecule has 1 amide bonds. The number of ether oxygens (including phenoxy) is 3. The third-order valence-electron chi connectivity index (χ3n) is 6.27. The van der Waals surface area contributed by atoms with Gasteiger partial charge in [0.1, 0.15) is 11.8 Å². The van der Waals surface area contributed by atoms with Crippen LogP contribution >= 0.6 is 0 Å².